The van der Waals surface area contributed by atoms with Gasteiger partial charge in [0, 0.05) is 17.3 Å². The molecule has 2 aromatic heterocycles. The molecule has 3 aromatic rings. The predicted octanol–water partition coefficient (Wildman–Crippen LogP) is 5.32. The Morgan fingerprint density at radius 1 is 1.12 bits per heavy atom. The second-order valence-corrected chi connectivity index (χ2v) is 9.03. The fourth-order valence-corrected chi connectivity index (χ4v) is 5.44. The van der Waals surface area contributed by atoms with Crippen LogP contribution in [0.3, 0.4) is 0 Å². The average molecular weight is 474 g/mol. The van der Waals surface area contributed by atoms with Crippen LogP contribution in [0.25, 0.3) is 16.2 Å². The van der Waals surface area contributed by atoms with E-state index < -0.39 is 0 Å². The Balaban J connectivity index is 1.89. The minimum absolute atomic E-state index is 0.316. The Kier molecular flexibility index (Phi) is 6.97. The summed E-state index contributed by atoms with van der Waals surface area (Å²) in [4.78, 5) is 18.8. The Morgan fingerprint density at radius 2 is 1.79 bits per heavy atom. The fourth-order valence-electron chi connectivity index (χ4n) is 4.42. The van der Waals surface area contributed by atoms with Crippen molar-refractivity contribution >= 4 is 28.1 Å². The van der Waals surface area contributed by atoms with Crippen molar-refractivity contribution in [2.75, 3.05) is 33.3 Å². The minimum atomic E-state index is -0.316. The van der Waals surface area contributed by atoms with Gasteiger partial charge in [0.2, 0.25) is 5.75 Å². The molecule has 33 heavy (non-hydrogen) atoms. The van der Waals surface area contributed by atoms with E-state index in [9.17, 15) is 4.79 Å². The van der Waals surface area contributed by atoms with Crippen molar-refractivity contribution in [2.45, 2.75) is 52.0 Å². The molecule has 2 heterocycles. The number of nitrogens with zero attached hydrogens (tertiary/aromatic N) is 2. The number of methoxy groups -OCH3 is 3. The maximum atomic E-state index is 12.5. The minimum Gasteiger partial charge on any atom is -0.493 e. The topological polar surface area (TPSA) is 83.3 Å². The van der Waals surface area contributed by atoms with E-state index in [4.69, 9.17) is 23.9 Å². The highest BCUT2D eigenvalue weighted by Crippen LogP contribution is 2.44. The van der Waals surface area contributed by atoms with Gasteiger partial charge in [-0.25, -0.2) is 9.78 Å². The number of ether oxygens (including phenoxy) is 4. The molecule has 0 aliphatic heterocycles. The van der Waals surface area contributed by atoms with Crippen LogP contribution in [0.15, 0.2) is 12.1 Å². The van der Waals surface area contributed by atoms with Crippen LogP contribution in [-0.4, -0.2) is 49.3 Å². The van der Waals surface area contributed by atoms with Gasteiger partial charge in [-0.2, -0.15) is 0 Å². The van der Waals surface area contributed by atoms with Gasteiger partial charge in [-0.1, -0.05) is 30.6 Å². The predicted molar refractivity (Wildman–Crippen MR) is 129 cm³/mol. The number of hydrogen-bond acceptors (Lipinski definition) is 8. The fraction of sp³-hybridized carbons (Fsp3) is 0.500. The van der Waals surface area contributed by atoms with E-state index in [2.05, 4.69) is 5.32 Å². The number of carbonyl (C=O) groups excluding carboxylic acids is 1. The number of rotatable bonds is 8. The molecule has 1 fully saturated rings. The summed E-state index contributed by atoms with van der Waals surface area (Å²) in [6, 6.07) is 4.16. The molecule has 1 saturated carbocycles. The summed E-state index contributed by atoms with van der Waals surface area (Å²) in [6.07, 6.45) is 5.89. The number of benzene rings is 1. The third kappa shape index (κ3) is 4.34. The first-order chi connectivity index (χ1) is 16.0. The zero-order valence-corrected chi connectivity index (χ0v) is 20.6. The summed E-state index contributed by atoms with van der Waals surface area (Å²) in [5.74, 6) is 2.22. The molecule has 0 saturated heterocycles. The highest BCUT2D eigenvalue weighted by atomic mass is 32.1. The Morgan fingerprint density at radius 3 is 2.36 bits per heavy atom. The molecule has 4 rings (SSSR count). The lowest BCUT2D eigenvalue weighted by atomic mass is 9.95. The van der Waals surface area contributed by atoms with E-state index in [1.807, 2.05) is 30.4 Å². The summed E-state index contributed by atoms with van der Waals surface area (Å²) in [7, 11) is 4.79. The van der Waals surface area contributed by atoms with Crippen LogP contribution in [0, 0.1) is 6.92 Å². The second kappa shape index (κ2) is 9.91. The number of anilines is 1. The lowest BCUT2D eigenvalue weighted by Crippen LogP contribution is -2.23. The first-order valence-electron chi connectivity index (χ1n) is 11.3. The maximum Gasteiger partial charge on any atom is 0.350 e. The van der Waals surface area contributed by atoms with Gasteiger partial charge in [0.15, 0.2) is 16.5 Å². The van der Waals surface area contributed by atoms with Gasteiger partial charge in [0.1, 0.15) is 16.4 Å². The van der Waals surface area contributed by atoms with Crippen molar-refractivity contribution in [2.24, 2.45) is 0 Å². The molecule has 1 aliphatic rings. The van der Waals surface area contributed by atoms with Gasteiger partial charge in [-0.3, -0.25) is 4.40 Å². The number of nitrogens with one attached hydrogen (secondary N) is 1. The summed E-state index contributed by atoms with van der Waals surface area (Å²) < 4.78 is 23.9. The molecule has 1 N–H and O–H groups in total. The smallest absolute Gasteiger partial charge is 0.350 e. The van der Waals surface area contributed by atoms with Gasteiger partial charge in [0.05, 0.1) is 27.9 Å². The number of carbonyl (C=O) groups is 1. The van der Waals surface area contributed by atoms with Crippen LogP contribution in [0.5, 0.6) is 17.2 Å². The van der Waals surface area contributed by atoms with Crippen LogP contribution in [-0.2, 0) is 4.74 Å². The third-order valence-corrected chi connectivity index (χ3v) is 7.17. The quantitative estimate of drug-likeness (QED) is 0.443. The van der Waals surface area contributed by atoms with E-state index >= 15 is 0 Å². The Hall–Kier alpha value is -2.94. The number of fused-ring (bicyclic) bond motifs is 1. The van der Waals surface area contributed by atoms with Crippen LogP contribution in [0.2, 0.25) is 0 Å². The summed E-state index contributed by atoms with van der Waals surface area (Å²) >= 11 is 1.34. The highest BCUT2D eigenvalue weighted by molar-refractivity contribution is 7.19. The summed E-state index contributed by atoms with van der Waals surface area (Å²) in [6.45, 7) is 4.08. The maximum absolute atomic E-state index is 12.5. The van der Waals surface area contributed by atoms with Crippen LogP contribution in [0.4, 0.5) is 5.82 Å². The number of thiazole rings is 1. The number of imidazole rings is 1. The molecule has 0 spiro atoms. The van der Waals surface area contributed by atoms with Gasteiger partial charge in [0.25, 0.3) is 0 Å². The number of esters is 1. The zero-order chi connectivity index (χ0) is 23.5. The molecule has 1 aromatic carbocycles. The largest absolute Gasteiger partial charge is 0.493 e. The molecule has 0 bridgehead atoms. The third-order valence-electron chi connectivity index (χ3n) is 6.05. The highest BCUT2D eigenvalue weighted by Gasteiger charge is 2.27. The molecule has 8 nitrogen and oxygen atoms in total. The van der Waals surface area contributed by atoms with Crippen LogP contribution in [0.1, 0.15) is 54.4 Å². The van der Waals surface area contributed by atoms with E-state index in [0.717, 1.165) is 40.6 Å². The van der Waals surface area contributed by atoms with Crippen molar-refractivity contribution in [3.63, 3.8) is 0 Å². The monoisotopic (exact) mass is 473 g/mol. The average Bonchev–Trinajstić information content (AvgIpc) is 3.35. The normalized spacial score (nSPS) is 14.3. The molecule has 178 valence electrons. The van der Waals surface area contributed by atoms with Gasteiger partial charge in [-0.15, -0.1) is 0 Å². The first-order valence-corrected chi connectivity index (χ1v) is 12.1. The molecule has 0 radical (unpaired) electrons. The lowest BCUT2D eigenvalue weighted by Gasteiger charge is -2.24. The number of hydrogen-bond donors (Lipinski definition) is 1. The van der Waals surface area contributed by atoms with E-state index in [1.54, 1.807) is 21.3 Å². The van der Waals surface area contributed by atoms with E-state index in [1.165, 1.54) is 30.6 Å². The standard InChI is InChI=1S/C24H31N3O5S/c1-6-32-23(28)21-14(2)27-22(25-16-10-8-7-9-11-16)19(26-24(27)33-21)15-12-17(29-3)20(31-5)18(13-15)30-4/h12-13,16,25H,6-11H2,1-5H3. The lowest BCUT2D eigenvalue weighted by molar-refractivity contribution is 0.0531. The van der Waals surface area contributed by atoms with Crippen molar-refractivity contribution in [1.29, 1.82) is 0 Å². The van der Waals surface area contributed by atoms with E-state index in [-0.39, 0.29) is 5.97 Å². The summed E-state index contributed by atoms with van der Waals surface area (Å²) in [5, 5.41) is 3.74. The Bertz CT molecular complexity index is 1120. The van der Waals surface area contributed by atoms with Crippen LogP contribution >= 0.6 is 11.3 Å². The Labute approximate surface area is 197 Å². The molecule has 0 amide bonds. The van der Waals surface area contributed by atoms with Crippen molar-refractivity contribution < 1.29 is 23.7 Å². The first kappa shape index (κ1) is 23.2. The molecule has 0 atom stereocenters. The molecular weight excluding hydrogens is 442 g/mol. The number of aryl methyl sites for hydroxylation is 1. The molecular formula is C24H31N3O5S. The van der Waals surface area contributed by atoms with Crippen molar-refractivity contribution in [3.8, 4) is 28.5 Å². The SMILES string of the molecule is CCOC(=O)c1sc2nc(-c3cc(OC)c(OC)c(OC)c3)c(NC3CCCCC3)n2c1C. The van der Waals surface area contributed by atoms with E-state index in [0.29, 0.717) is 34.8 Å². The zero-order valence-electron chi connectivity index (χ0n) is 19.8. The second-order valence-electron chi connectivity index (χ2n) is 8.06. The molecule has 0 unspecified atom stereocenters. The summed E-state index contributed by atoms with van der Waals surface area (Å²) in [5.41, 5.74) is 2.44. The van der Waals surface area contributed by atoms with Gasteiger partial charge >= 0.3 is 5.97 Å². The number of aromatic nitrogens is 2. The van der Waals surface area contributed by atoms with Crippen molar-refractivity contribution in [3.05, 3.63) is 22.7 Å². The molecule has 9 heteroatoms. The van der Waals surface area contributed by atoms with Gasteiger partial charge in [-0.05, 0) is 38.8 Å². The van der Waals surface area contributed by atoms with Gasteiger partial charge < -0.3 is 24.3 Å². The molecule has 1 aliphatic carbocycles. The van der Waals surface area contributed by atoms with Crippen molar-refractivity contribution in [1.82, 2.24) is 9.38 Å². The van der Waals surface area contributed by atoms with Crippen LogP contribution < -0.4 is 19.5 Å².